The number of thioether (sulfide) groups is 1. The van der Waals surface area contributed by atoms with E-state index in [0.29, 0.717) is 0 Å². The highest BCUT2D eigenvalue weighted by atomic mass is 32.2. The first-order valence-electron chi connectivity index (χ1n) is 3.58. The molecule has 0 aliphatic carbocycles. The molecule has 0 fully saturated rings. The minimum absolute atomic E-state index is 1.05. The molecule has 0 saturated heterocycles. The summed E-state index contributed by atoms with van der Waals surface area (Å²) in [6, 6.07) is 0. The second kappa shape index (κ2) is 6.23. The summed E-state index contributed by atoms with van der Waals surface area (Å²) in [6.07, 6.45) is 7.93. The fourth-order valence-corrected chi connectivity index (χ4v) is 0.944. The molecule has 0 saturated carbocycles. The van der Waals surface area contributed by atoms with Crippen molar-refractivity contribution in [2.75, 3.05) is 6.26 Å². The molecule has 2 heteroatoms. The molecule has 0 atom stereocenters. The van der Waals surface area contributed by atoms with Crippen LogP contribution in [0.5, 0.6) is 0 Å². The molecular weight excluding hydrogens is 154 g/mol. The summed E-state index contributed by atoms with van der Waals surface area (Å²) in [6.45, 7) is 6.07. The Balaban J connectivity index is 4.24. The van der Waals surface area contributed by atoms with Crippen molar-refractivity contribution in [2.45, 2.75) is 20.8 Å². The summed E-state index contributed by atoms with van der Waals surface area (Å²) >= 11 is 1.66. The van der Waals surface area contributed by atoms with E-state index in [2.05, 4.69) is 24.9 Å². The van der Waals surface area contributed by atoms with Crippen LogP contribution in [0.2, 0.25) is 0 Å². The monoisotopic (exact) mass is 169 g/mol. The number of aliphatic imine (C=N–C) groups is 1. The van der Waals surface area contributed by atoms with Gasteiger partial charge in [0.05, 0.1) is 5.03 Å². The van der Waals surface area contributed by atoms with Gasteiger partial charge in [0, 0.05) is 6.21 Å². The topological polar surface area (TPSA) is 12.4 Å². The van der Waals surface area contributed by atoms with Crippen molar-refractivity contribution in [1.82, 2.24) is 0 Å². The number of allylic oxidation sites excluding steroid dienone is 3. The molecule has 11 heavy (non-hydrogen) atoms. The zero-order valence-corrected chi connectivity index (χ0v) is 8.40. The highest BCUT2D eigenvalue weighted by molar-refractivity contribution is 8.02. The molecule has 0 radical (unpaired) electrons. The molecule has 0 aliphatic rings. The standard InChI is InChI=1S/C9H15NS/c1-5-10-9(11-4)7-6-8(2)3/h5-7H,1-4H3/b9-7+,10-5+. The average molecular weight is 169 g/mol. The number of hydrogen-bond acceptors (Lipinski definition) is 2. The van der Waals surface area contributed by atoms with Crippen LogP contribution in [0.1, 0.15) is 20.8 Å². The highest BCUT2D eigenvalue weighted by Crippen LogP contribution is 2.12. The van der Waals surface area contributed by atoms with Crippen LogP contribution < -0.4 is 0 Å². The van der Waals surface area contributed by atoms with Crippen molar-refractivity contribution in [3.05, 3.63) is 22.8 Å². The van der Waals surface area contributed by atoms with Crippen LogP contribution in [-0.2, 0) is 0 Å². The first-order chi connectivity index (χ1) is 5.20. The zero-order valence-electron chi connectivity index (χ0n) is 7.59. The smallest absolute Gasteiger partial charge is 0.0953 e. The lowest BCUT2D eigenvalue weighted by molar-refractivity contribution is 1.38. The summed E-state index contributed by atoms with van der Waals surface area (Å²) in [7, 11) is 0. The Bertz CT molecular complexity index is 186. The SMILES string of the molecule is C/C=N/C(=C\C=C(C)C)SC. The molecule has 0 aromatic carbocycles. The van der Waals surface area contributed by atoms with Gasteiger partial charge in [-0.15, -0.1) is 11.8 Å². The lowest BCUT2D eigenvalue weighted by Gasteiger charge is -1.92. The van der Waals surface area contributed by atoms with Gasteiger partial charge in [0.1, 0.15) is 0 Å². The van der Waals surface area contributed by atoms with E-state index in [4.69, 9.17) is 0 Å². The van der Waals surface area contributed by atoms with Crippen molar-refractivity contribution >= 4 is 18.0 Å². The lowest BCUT2D eigenvalue weighted by Crippen LogP contribution is -1.70. The molecule has 0 unspecified atom stereocenters. The molecule has 0 aromatic heterocycles. The van der Waals surface area contributed by atoms with Crippen molar-refractivity contribution in [1.29, 1.82) is 0 Å². The average Bonchev–Trinajstić information content (AvgIpc) is 1.97. The number of hydrogen-bond donors (Lipinski definition) is 0. The summed E-state index contributed by atoms with van der Waals surface area (Å²) in [5, 5.41) is 1.05. The first kappa shape index (κ1) is 10.5. The van der Waals surface area contributed by atoms with E-state index in [1.165, 1.54) is 5.57 Å². The largest absolute Gasteiger partial charge is 0.255 e. The van der Waals surface area contributed by atoms with Crippen LogP contribution in [0.4, 0.5) is 0 Å². The molecule has 0 bridgehead atoms. The van der Waals surface area contributed by atoms with Gasteiger partial charge in [-0.25, -0.2) is 0 Å². The Kier molecular flexibility index (Phi) is 5.94. The van der Waals surface area contributed by atoms with E-state index in [1.54, 1.807) is 18.0 Å². The predicted molar refractivity (Wildman–Crippen MR) is 55.2 cm³/mol. The predicted octanol–water partition coefficient (Wildman–Crippen LogP) is 3.25. The van der Waals surface area contributed by atoms with Crippen LogP contribution in [0.25, 0.3) is 0 Å². The van der Waals surface area contributed by atoms with E-state index >= 15 is 0 Å². The lowest BCUT2D eigenvalue weighted by atomic mass is 10.3. The third-order valence-corrected chi connectivity index (χ3v) is 1.68. The third kappa shape index (κ3) is 5.92. The Morgan fingerprint density at radius 1 is 1.27 bits per heavy atom. The quantitative estimate of drug-likeness (QED) is 0.466. The second-order valence-electron chi connectivity index (χ2n) is 2.34. The van der Waals surface area contributed by atoms with Gasteiger partial charge in [-0.3, -0.25) is 4.99 Å². The fraction of sp³-hybridized carbons (Fsp3) is 0.444. The molecule has 0 aliphatic heterocycles. The maximum Gasteiger partial charge on any atom is 0.0953 e. The molecule has 0 amide bonds. The highest BCUT2D eigenvalue weighted by Gasteiger charge is 1.85. The van der Waals surface area contributed by atoms with Crippen molar-refractivity contribution in [3.63, 3.8) is 0 Å². The summed E-state index contributed by atoms with van der Waals surface area (Å²) < 4.78 is 0. The minimum atomic E-state index is 1.05. The Hall–Kier alpha value is -0.500. The van der Waals surface area contributed by atoms with Crippen LogP contribution >= 0.6 is 11.8 Å². The minimum Gasteiger partial charge on any atom is -0.255 e. The third-order valence-electron chi connectivity index (χ3n) is 1.02. The number of rotatable bonds is 3. The van der Waals surface area contributed by atoms with Gasteiger partial charge in [0.2, 0.25) is 0 Å². The fourth-order valence-electron chi connectivity index (χ4n) is 0.529. The van der Waals surface area contributed by atoms with Gasteiger partial charge in [-0.05, 0) is 33.1 Å². The molecule has 1 nitrogen and oxygen atoms in total. The first-order valence-corrected chi connectivity index (χ1v) is 4.81. The summed E-state index contributed by atoms with van der Waals surface area (Å²) in [4.78, 5) is 4.17. The van der Waals surface area contributed by atoms with E-state index in [0.717, 1.165) is 5.03 Å². The van der Waals surface area contributed by atoms with E-state index in [-0.39, 0.29) is 0 Å². The zero-order chi connectivity index (χ0) is 8.69. The Morgan fingerprint density at radius 3 is 2.27 bits per heavy atom. The van der Waals surface area contributed by atoms with Gasteiger partial charge in [0.15, 0.2) is 0 Å². The maximum absolute atomic E-state index is 4.17. The van der Waals surface area contributed by atoms with E-state index < -0.39 is 0 Å². The molecule has 0 heterocycles. The molecule has 0 aromatic rings. The normalized spacial score (nSPS) is 12.2. The van der Waals surface area contributed by atoms with Gasteiger partial charge in [-0.2, -0.15) is 0 Å². The maximum atomic E-state index is 4.17. The van der Waals surface area contributed by atoms with E-state index in [1.807, 2.05) is 19.3 Å². The Morgan fingerprint density at radius 2 is 1.91 bits per heavy atom. The van der Waals surface area contributed by atoms with Crippen LogP contribution in [0.3, 0.4) is 0 Å². The van der Waals surface area contributed by atoms with Crippen molar-refractivity contribution in [3.8, 4) is 0 Å². The van der Waals surface area contributed by atoms with Gasteiger partial charge in [-0.1, -0.05) is 11.6 Å². The van der Waals surface area contributed by atoms with Crippen LogP contribution in [0.15, 0.2) is 27.7 Å². The van der Waals surface area contributed by atoms with Crippen LogP contribution in [-0.4, -0.2) is 12.5 Å². The Labute approximate surface area is 73.3 Å². The van der Waals surface area contributed by atoms with Gasteiger partial charge in [0.25, 0.3) is 0 Å². The molecule has 0 rings (SSSR count). The molecular formula is C9H15NS. The van der Waals surface area contributed by atoms with Crippen molar-refractivity contribution in [2.24, 2.45) is 4.99 Å². The van der Waals surface area contributed by atoms with Gasteiger partial charge < -0.3 is 0 Å². The summed E-state index contributed by atoms with van der Waals surface area (Å²) in [5.74, 6) is 0. The molecule has 0 N–H and O–H groups in total. The van der Waals surface area contributed by atoms with E-state index in [9.17, 15) is 0 Å². The molecule has 0 spiro atoms. The van der Waals surface area contributed by atoms with Gasteiger partial charge >= 0.3 is 0 Å². The number of nitrogens with zero attached hydrogens (tertiary/aromatic N) is 1. The van der Waals surface area contributed by atoms with Crippen LogP contribution in [0, 0.1) is 0 Å². The summed E-state index contributed by atoms with van der Waals surface area (Å²) in [5.41, 5.74) is 1.29. The second-order valence-corrected chi connectivity index (χ2v) is 3.17. The van der Waals surface area contributed by atoms with Crippen molar-refractivity contribution < 1.29 is 0 Å². The molecule has 62 valence electrons.